The lowest BCUT2D eigenvalue weighted by atomic mass is 10.1. The standard InChI is InChI=1S/C17H21N3O/c1-12-9-13-7-5-6-8-15(13)20(12)11-14(10-18)16(21)19-17(2,3)4/h5-8,11-12H,9H2,1-4H3,(H,19,21)/b14-11-. The highest BCUT2D eigenvalue weighted by Crippen LogP contribution is 2.32. The summed E-state index contributed by atoms with van der Waals surface area (Å²) in [5, 5.41) is 12.1. The monoisotopic (exact) mass is 283 g/mol. The van der Waals surface area contributed by atoms with Crippen LogP contribution >= 0.6 is 0 Å². The number of hydrogen-bond donors (Lipinski definition) is 1. The molecule has 2 rings (SSSR count). The van der Waals surface area contributed by atoms with Crippen LogP contribution in [0.5, 0.6) is 0 Å². The molecule has 1 aliphatic heterocycles. The number of fused-ring (bicyclic) bond motifs is 1. The van der Waals surface area contributed by atoms with E-state index in [2.05, 4.69) is 18.3 Å². The Labute approximate surface area is 126 Å². The third-order valence-electron chi connectivity index (χ3n) is 3.38. The SMILES string of the molecule is CC1Cc2ccccc2N1/C=C(/C#N)C(=O)NC(C)(C)C. The maximum absolute atomic E-state index is 12.2. The second kappa shape index (κ2) is 5.61. The number of carbonyl (C=O) groups is 1. The first kappa shape index (κ1) is 15.1. The lowest BCUT2D eigenvalue weighted by molar-refractivity contribution is -0.118. The van der Waals surface area contributed by atoms with Gasteiger partial charge in [-0.1, -0.05) is 18.2 Å². The molecule has 1 aromatic carbocycles. The van der Waals surface area contributed by atoms with E-state index in [9.17, 15) is 10.1 Å². The van der Waals surface area contributed by atoms with Gasteiger partial charge in [-0.3, -0.25) is 4.79 Å². The van der Waals surface area contributed by atoms with Crippen LogP contribution in [0.15, 0.2) is 36.0 Å². The minimum Gasteiger partial charge on any atom is -0.347 e. The number of hydrogen-bond acceptors (Lipinski definition) is 3. The molecule has 0 bridgehead atoms. The van der Waals surface area contributed by atoms with Crippen LogP contribution in [0.4, 0.5) is 5.69 Å². The Hall–Kier alpha value is -2.28. The second-order valence-electron chi connectivity index (χ2n) is 6.45. The normalized spacial score (nSPS) is 18.1. The van der Waals surface area contributed by atoms with E-state index in [4.69, 9.17) is 0 Å². The Morgan fingerprint density at radius 2 is 2.10 bits per heavy atom. The van der Waals surface area contributed by atoms with Crippen LogP contribution in [0.25, 0.3) is 0 Å². The zero-order valence-electron chi connectivity index (χ0n) is 13.0. The second-order valence-corrected chi connectivity index (χ2v) is 6.45. The summed E-state index contributed by atoms with van der Waals surface area (Å²) in [6.07, 6.45) is 2.59. The van der Waals surface area contributed by atoms with E-state index < -0.39 is 0 Å². The summed E-state index contributed by atoms with van der Waals surface area (Å²) >= 11 is 0. The Kier molecular flexibility index (Phi) is 4.04. The molecule has 1 aromatic rings. The smallest absolute Gasteiger partial charge is 0.263 e. The number of benzene rings is 1. The van der Waals surface area contributed by atoms with Crippen LogP contribution in [0, 0.1) is 11.3 Å². The van der Waals surface area contributed by atoms with E-state index in [0.29, 0.717) is 0 Å². The van der Waals surface area contributed by atoms with E-state index in [1.807, 2.05) is 49.9 Å². The van der Waals surface area contributed by atoms with Crippen molar-refractivity contribution in [2.75, 3.05) is 4.90 Å². The van der Waals surface area contributed by atoms with E-state index in [-0.39, 0.29) is 23.1 Å². The summed E-state index contributed by atoms with van der Waals surface area (Å²) < 4.78 is 0. The molecule has 1 aliphatic rings. The van der Waals surface area contributed by atoms with Crippen molar-refractivity contribution >= 4 is 11.6 Å². The summed E-state index contributed by atoms with van der Waals surface area (Å²) in [5.41, 5.74) is 2.09. The molecule has 4 nitrogen and oxygen atoms in total. The van der Waals surface area contributed by atoms with Crippen molar-refractivity contribution in [3.8, 4) is 6.07 Å². The minimum absolute atomic E-state index is 0.133. The Morgan fingerprint density at radius 1 is 1.43 bits per heavy atom. The molecule has 4 heteroatoms. The van der Waals surface area contributed by atoms with Crippen molar-refractivity contribution in [2.24, 2.45) is 0 Å². The average Bonchev–Trinajstić information content (AvgIpc) is 2.69. The number of rotatable bonds is 2. The quantitative estimate of drug-likeness (QED) is 0.670. The first-order valence-electron chi connectivity index (χ1n) is 7.12. The highest BCUT2D eigenvalue weighted by molar-refractivity contribution is 5.98. The molecule has 21 heavy (non-hydrogen) atoms. The number of para-hydroxylation sites is 1. The number of amides is 1. The molecule has 0 radical (unpaired) electrons. The van der Waals surface area contributed by atoms with Gasteiger partial charge in [0.15, 0.2) is 0 Å². The van der Waals surface area contributed by atoms with Crippen molar-refractivity contribution in [1.29, 1.82) is 5.26 Å². The highest BCUT2D eigenvalue weighted by atomic mass is 16.1. The van der Waals surface area contributed by atoms with Crippen LogP contribution in [0.2, 0.25) is 0 Å². The minimum atomic E-state index is -0.360. The van der Waals surface area contributed by atoms with E-state index in [1.165, 1.54) is 5.56 Å². The fourth-order valence-electron chi connectivity index (χ4n) is 2.47. The van der Waals surface area contributed by atoms with Crippen molar-refractivity contribution < 1.29 is 4.79 Å². The number of nitriles is 1. The first-order chi connectivity index (χ1) is 9.81. The van der Waals surface area contributed by atoms with Gasteiger partial charge in [-0.2, -0.15) is 5.26 Å². The van der Waals surface area contributed by atoms with Crippen LogP contribution in [0.3, 0.4) is 0 Å². The lowest BCUT2D eigenvalue weighted by Gasteiger charge is -2.23. The van der Waals surface area contributed by atoms with Gasteiger partial charge in [0.1, 0.15) is 11.6 Å². The molecule has 1 atom stereocenters. The largest absolute Gasteiger partial charge is 0.347 e. The zero-order valence-corrected chi connectivity index (χ0v) is 13.0. The van der Waals surface area contributed by atoms with Crippen molar-refractivity contribution in [1.82, 2.24) is 5.32 Å². The lowest BCUT2D eigenvalue weighted by Crippen LogP contribution is -2.41. The Balaban J connectivity index is 2.29. The predicted molar refractivity (Wildman–Crippen MR) is 83.7 cm³/mol. The predicted octanol–water partition coefficient (Wildman–Crippen LogP) is 2.76. The van der Waals surface area contributed by atoms with Crippen molar-refractivity contribution in [2.45, 2.75) is 45.7 Å². The Bertz CT molecular complexity index is 620. The van der Waals surface area contributed by atoms with Crippen LogP contribution < -0.4 is 10.2 Å². The van der Waals surface area contributed by atoms with Gasteiger partial charge in [0.2, 0.25) is 0 Å². The molecule has 110 valence electrons. The molecule has 0 fully saturated rings. The fraction of sp³-hybridized carbons (Fsp3) is 0.412. The molecule has 0 aliphatic carbocycles. The fourth-order valence-corrected chi connectivity index (χ4v) is 2.47. The van der Waals surface area contributed by atoms with Gasteiger partial charge in [0.25, 0.3) is 5.91 Å². The van der Waals surface area contributed by atoms with Crippen molar-refractivity contribution in [3.05, 3.63) is 41.6 Å². The molecule has 1 N–H and O–H groups in total. The molecule has 1 amide bonds. The summed E-state index contributed by atoms with van der Waals surface area (Å²) in [4.78, 5) is 14.2. The van der Waals surface area contributed by atoms with Gasteiger partial charge in [-0.05, 0) is 45.7 Å². The van der Waals surface area contributed by atoms with Crippen LogP contribution in [-0.4, -0.2) is 17.5 Å². The van der Waals surface area contributed by atoms with Crippen molar-refractivity contribution in [3.63, 3.8) is 0 Å². The van der Waals surface area contributed by atoms with Gasteiger partial charge >= 0.3 is 0 Å². The van der Waals surface area contributed by atoms with Gasteiger partial charge in [0.05, 0.1) is 0 Å². The van der Waals surface area contributed by atoms with E-state index in [1.54, 1.807) is 6.20 Å². The third kappa shape index (κ3) is 3.43. The highest BCUT2D eigenvalue weighted by Gasteiger charge is 2.26. The van der Waals surface area contributed by atoms with Crippen LogP contribution in [0.1, 0.15) is 33.3 Å². The number of nitrogens with zero attached hydrogens (tertiary/aromatic N) is 2. The summed E-state index contributed by atoms with van der Waals surface area (Å²) in [6, 6.07) is 10.3. The molecule has 0 saturated heterocycles. The average molecular weight is 283 g/mol. The summed E-state index contributed by atoms with van der Waals surface area (Å²) in [7, 11) is 0. The van der Waals surface area contributed by atoms with Gasteiger partial charge < -0.3 is 10.2 Å². The summed E-state index contributed by atoms with van der Waals surface area (Å²) in [5.74, 6) is -0.332. The topological polar surface area (TPSA) is 56.1 Å². The van der Waals surface area contributed by atoms with E-state index >= 15 is 0 Å². The Morgan fingerprint density at radius 3 is 2.71 bits per heavy atom. The molecule has 1 heterocycles. The van der Waals surface area contributed by atoms with Gasteiger partial charge in [-0.15, -0.1) is 0 Å². The zero-order chi connectivity index (χ0) is 15.6. The molecular formula is C17H21N3O. The third-order valence-corrected chi connectivity index (χ3v) is 3.38. The number of anilines is 1. The molecule has 0 aromatic heterocycles. The van der Waals surface area contributed by atoms with Crippen LogP contribution in [-0.2, 0) is 11.2 Å². The molecule has 0 spiro atoms. The molecule has 0 saturated carbocycles. The molecule has 1 unspecified atom stereocenters. The maximum Gasteiger partial charge on any atom is 0.263 e. The maximum atomic E-state index is 12.2. The van der Waals surface area contributed by atoms with Gasteiger partial charge in [-0.25, -0.2) is 0 Å². The van der Waals surface area contributed by atoms with E-state index in [0.717, 1.165) is 12.1 Å². The number of nitrogens with one attached hydrogen (secondary N) is 1. The molecular weight excluding hydrogens is 262 g/mol. The van der Waals surface area contributed by atoms with Gasteiger partial charge in [0, 0.05) is 23.5 Å². The first-order valence-corrected chi connectivity index (χ1v) is 7.12. The summed E-state index contributed by atoms with van der Waals surface area (Å²) in [6.45, 7) is 7.78. The number of carbonyl (C=O) groups excluding carboxylic acids is 1.